The first kappa shape index (κ1) is 18.0. The van der Waals surface area contributed by atoms with Gasteiger partial charge in [0.15, 0.2) is 11.5 Å². The smallest absolute Gasteiger partial charge is 0.161 e. The fourth-order valence-electron chi connectivity index (χ4n) is 2.30. The van der Waals surface area contributed by atoms with Crippen molar-refractivity contribution in [3.05, 3.63) is 24.3 Å². The highest BCUT2D eigenvalue weighted by Gasteiger charge is 2.10. The summed E-state index contributed by atoms with van der Waals surface area (Å²) in [6, 6.07) is 7.80. The zero-order chi connectivity index (χ0) is 16.3. The van der Waals surface area contributed by atoms with Crippen LogP contribution in [0.3, 0.4) is 0 Å². The molecule has 0 spiro atoms. The van der Waals surface area contributed by atoms with Gasteiger partial charge in [-0.25, -0.2) is 0 Å². The van der Waals surface area contributed by atoms with E-state index in [1.165, 1.54) is 0 Å². The Balaban J connectivity index is 1.62. The molecule has 1 atom stereocenters. The van der Waals surface area contributed by atoms with Gasteiger partial charge < -0.3 is 18.9 Å². The summed E-state index contributed by atoms with van der Waals surface area (Å²) >= 11 is 0. The molecule has 1 aromatic carbocycles. The van der Waals surface area contributed by atoms with E-state index >= 15 is 0 Å². The van der Waals surface area contributed by atoms with Crippen molar-refractivity contribution in [3.63, 3.8) is 0 Å². The number of hydrogen-bond donors (Lipinski definition) is 0. The molecule has 1 aliphatic heterocycles. The molecular weight excluding hydrogens is 294 g/mol. The van der Waals surface area contributed by atoms with Crippen LogP contribution in [0.5, 0.6) is 11.5 Å². The molecule has 1 aliphatic rings. The minimum Gasteiger partial charge on any atom is -0.487 e. The summed E-state index contributed by atoms with van der Waals surface area (Å²) < 4.78 is 22.6. The van der Waals surface area contributed by atoms with E-state index < -0.39 is 0 Å². The number of morpholine rings is 1. The molecule has 1 heterocycles. The predicted molar refractivity (Wildman–Crippen MR) is 90.4 cm³/mol. The van der Waals surface area contributed by atoms with Gasteiger partial charge in [-0.15, -0.1) is 0 Å². The molecule has 0 amide bonds. The van der Waals surface area contributed by atoms with E-state index in [9.17, 15) is 0 Å². The minimum absolute atomic E-state index is 0.185. The number of benzene rings is 1. The van der Waals surface area contributed by atoms with E-state index in [0.29, 0.717) is 13.2 Å². The van der Waals surface area contributed by atoms with Gasteiger partial charge in [0.25, 0.3) is 0 Å². The fraction of sp³-hybridized carbons (Fsp3) is 0.667. The van der Waals surface area contributed by atoms with Crippen LogP contribution in [0.1, 0.15) is 20.3 Å². The van der Waals surface area contributed by atoms with Gasteiger partial charge in [-0.05, 0) is 25.5 Å². The molecule has 5 heteroatoms. The second-order valence-corrected chi connectivity index (χ2v) is 5.70. The molecule has 5 nitrogen and oxygen atoms in total. The third-order valence-electron chi connectivity index (χ3n) is 3.89. The molecule has 1 unspecified atom stereocenters. The van der Waals surface area contributed by atoms with Crippen molar-refractivity contribution in [2.45, 2.75) is 26.4 Å². The second kappa shape index (κ2) is 10.5. The van der Waals surface area contributed by atoms with Crippen LogP contribution in [0, 0.1) is 0 Å². The van der Waals surface area contributed by atoms with E-state index in [0.717, 1.165) is 57.4 Å². The molecule has 0 aliphatic carbocycles. The molecule has 0 aromatic heterocycles. The van der Waals surface area contributed by atoms with Gasteiger partial charge in [-0.1, -0.05) is 19.1 Å². The van der Waals surface area contributed by atoms with Gasteiger partial charge in [0.05, 0.1) is 32.5 Å². The fourth-order valence-corrected chi connectivity index (χ4v) is 2.30. The Bertz CT molecular complexity index is 435. The first-order valence-corrected chi connectivity index (χ1v) is 8.56. The summed E-state index contributed by atoms with van der Waals surface area (Å²) in [5.41, 5.74) is 0. The Labute approximate surface area is 139 Å². The number of hydrogen-bond acceptors (Lipinski definition) is 5. The topological polar surface area (TPSA) is 40.2 Å². The van der Waals surface area contributed by atoms with Crippen molar-refractivity contribution in [2.24, 2.45) is 0 Å². The Kier molecular flexibility index (Phi) is 8.21. The lowest BCUT2D eigenvalue weighted by Gasteiger charge is -2.26. The summed E-state index contributed by atoms with van der Waals surface area (Å²) in [6.45, 7) is 10.6. The third kappa shape index (κ3) is 6.77. The van der Waals surface area contributed by atoms with Gasteiger partial charge >= 0.3 is 0 Å². The summed E-state index contributed by atoms with van der Waals surface area (Å²) in [6.07, 6.45) is 1.16. The maximum Gasteiger partial charge on any atom is 0.161 e. The SMILES string of the molecule is CCC(C)Oc1ccccc1OCCOCCN1CCOCC1. The van der Waals surface area contributed by atoms with E-state index in [1.54, 1.807) is 0 Å². The highest BCUT2D eigenvalue weighted by atomic mass is 16.5. The van der Waals surface area contributed by atoms with Crippen LogP contribution in [0.4, 0.5) is 0 Å². The van der Waals surface area contributed by atoms with Crippen molar-refractivity contribution in [1.29, 1.82) is 0 Å². The molecular formula is C18H29NO4. The largest absolute Gasteiger partial charge is 0.487 e. The van der Waals surface area contributed by atoms with Crippen LogP contribution in [0.2, 0.25) is 0 Å². The summed E-state index contributed by atoms with van der Waals surface area (Å²) in [7, 11) is 0. The van der Waals surface area contributed by atoms with Crippen LogP contribution in [0.25, 0.3) is 0 Å². The summed E-state index contributed by atoms with van der Waals surface area (Å²) in [4.78, 5) is 2.36. The molecule has 1 aromatic rings. The average molecular weight is 323 g/mol. The highest BCUT2D eigenvalue weighted by molar-refractivity contribution is 5.39. The first-order valence-electron chi connectivity index (χ1n) is 8.56. The minimum atomic E-state index is 0.185. The Morgan fingerprint density at radius 2 is 1.83 bits per heavy atom. The Hall–Kier alpha value is -1.30. The van der Waals surface area contributed by atoms with E-state index in [4.69, 9.17) is 18.9 Å². The second-order valence-electron chi connectivity index (χ2n) is 5.70. The normalized spacial score (nSPS) is 17.0. The Morgan fingerprint density at radius 3 is 2.57 bits per heavy atom. The molecule has 0 N–H and O–H groups in total. The molecule has 2 rings (SSSR count). The van der Waals surface area contributed by atoms with Crippen molar-refractivity contribution >= 4 is 0 Å². The van der Waals surface area contributed by atoms with Crippen LogP contribution < -0.4 is 9.47 Å². The van der Waals surface area contributed by atoms with Gasteiger partial charge in [-0.3, -0.25) is 4.90 Å². The average Bonchev–Trinajstić information content (AvgIpc) is 2.60. The molecule has 0 saturated carbocycles. The van der Waals surface area contributed by atoms with Crippen LogP contribution in [0.15, 0.2) is 24.3 Å². The zero-order valence-corrected chi connectivity index (χ0v) is 14.3. The molecule has 1 saturated heterocycles. The van der Waals surface area contributed by atoms with Crippen LogP contribution >= 0.6 is 0 Å². The van der Waals surface area contributed by atoms with E-state index in [-0.39, 0.29) is 6.10 Å². The third-order valence-corrected chi connectivity index (χ3v) is 3.89. The maximum atomic E-state index is 5.87. The van der Waals surface area contributed by atoms with Crippen molar-refractivity contribution in [2.75, 3.05) is 52.7 Å². The van der Waals surface area contributed by atoms with Gasteiger partial charge in [-0.2, -0.15) is 0 Å². The van der Waals surface area contributed by atoms with Crippen molar-refractivity contribution in [1.82, 2.24) is 4.90 Å². The number of ether oxygens (including phenoxy) is 4. The van der Waals surface area contributed by atoms with Crippen LogP contribution in [-0.2, 0) is 9.47 Å². The van der Waals surface area contributed by atoms with Crippen molar-refractivity contribution in [3.8, 4) is 11.5 Å². The molecule has 0 bridgehead atoms. The maximum absolute atomic E-state index is 5.87. The van der Waals surface area contributed by atoms with Gasteiger partial charge in [0.1, 0.15) is 6.61 Å². The standard InChI is InChI=1S/C18H29NO4/c1-3-16(2)23-18-7-5-4-6-17(18)22-15-14-21-13-10-19-8-11-20-12-9-19/h4-7,16H,3,8-15H2,1-2H3. The highest BCUT2D eigenvalue weighted by Crippen LogP contribution is 2.27. The molecule has 130 valence electrons. The zero-order valence-electron chi connectivity index (χ0n) is 14.3. The molecule has 1 fully saturated rings. The van der Waals surface area contributed by atoms with Crippen molar-refractivity contribution < 1.29 is 18.9 Å². The molecule has 0 radical (unpaired) electrons. The quantitative estimate of drug-likeness (QED) is 0.619. The monoisotopic (exact) mass is 323 g/mol. The van der Waals surface area contributed by atoms with E-state index in [1.807, 2.05) is 24.3 Å². The van der Waals surface area contributed by atoms with Gasteiger partial charge in [0, 0.05) is 19.6 Å². The first-order chi connectivity index (χ1) is 11.3. The Morgan fingerprint density at radius 1 is 1.09 bits per heavy atom. The lowest BCUT2D eigenvalue weighted by molar-refractivity contribution is 0.0169. The number of nitrogens with zero attached hydrogens (tertiary/aromatic N) is 1. The number of para-hydroxylation sites is 2. The predicted octanol–water partition coefficient (Wildman–Crippen LogP) is 2.59. The van der Waals surface area contributed by atoms with Crippen LogP contribution in [-0.4, -0.2) is 63.7 Å². The summed E-state index contributed by atoms with van der Waals surface area (Å²) in [5, 5.41) is 0. The van der Waals surface area contributed by atoms with Gasteiger partial charge in [0.2, 0.25) is 0 Å². The molecule has 23 heavy (non-hydrogen) atoms. The lowest BCUT2D eigenvalue weighted by atomic mass is 10.3. The summed E-state index contributed by atoms with van der Waals surface area (Å²) in [5.74, 6) is 1.58. The van der Waals surface area contributed by atoms with E-state index in [2.05, 4.69) is 18.7 Å². The lowest BCUT2D eigenvalue weighted by Crippen LogP contribution is -2.38. The number of rotatable bonds is 10.